The Morgan fingerprint density at radius 2 is 2.05 bits per heavy atom. The minimum atomic E-state index is -0.289. The molecule has 0 aromatic heterocycles. The van der Waals surface area contributed by atoms with Crippen LogP contribution < -0.4 is 5.32 Å². The molecule has 5 heteroatoms. The fourth-order valence-corrected chi connectivity index (χ4v) is 1.81. The van der Waals surface area contributed by atoms with Crippen molar-refractivity contribution in [3.8, 4) is 0 Å². The molecular formula is C16H22N2O3. The van der Waals surface area contributed by atoms with E-state index in [1.807, 2.05) is 35.2 Å². The van der Waals surface area contributed by atoms with Crippen LogP contribution in [0.25, 0.3) is 0 Å². The third-order valence-electron chi connectivity index (χ3n) is 2.76. The topological polar surface area (TPSA) is 58.6 Å². The molecule has 0 atom stereocenters. The van der Waals surface area contributed by atoms with E-state index in [0.29, 0.717) is 26.1 Å². The Labute approximate surface area is 125 Å². The molecule has 1 amide bonds. The maximum absolute atomic E-state index is 11.9. The van der Waals surface area contributed by atoms with Crippen LogP contribution in [0.2, 0.25) is 0 Å². The highest BCUT2D eigenvalue weighted by molar-refractivity contribution is 5.90. The van der Waals surface area contributed by atoms with Crippen molar-refractivity contribution in [3.63, 3.8) is 0 Å². The van der Waals surface area contributed by atoms with Crippen molar-refractivity contribution >= 4 is 17.6 Å². The van der Waals surface area contributed by atoms with Gasteiger partial charge < -0.3 is 10.1 Å². The largest absolute Gasteiger partial charge is 0.465 e. The molecule has 0 aliphatic rings. The second-order valence-electron chi connectivity index (χ2n) is 4.49. The normalized spacial score (nSPS) is 10.2. The first-order valence-corrected chi connectivity index (χ1v) is 6.99. The number of hydrogen-bond acceptors (Lipinski definition) is 4. The van der Waals surface area contributed by atoms with Crippen molar-refractivity contribution in [2.75, 3.05) is 31.6 Å². The van der Waals surface area contributed by atoms with Crippen molar-refractivity contribution in [1.82, 2.24) is 4.90 Å². The zero-order valence-corrected chi connectivity index (χ0v) is 12.4. The number of hydrogen-bond donors (Lipinski definition) is 1. The van der Waals surface area contributed by atoms with E-state index < -0.39 is 0 Å². The Balaban J connectivity index is 2.39. The van der Waals surface area contributed by atoms with E-state index >= 15 is 0 Å². The monoisotopic (exact) mass is 290 g/mol. The van der Waals surface area contributed by atoms with Gasteiger partial charge in [0.1, 0.15) is 0 Å². The van der Waals surface area contributed by atoms with E-state index in [4.69, 9.17) is 4.74 Å². The average molecular weight is 290 g/mol. The lowest BCUT2D eigenvalue weighted by molar-refractivity contribution is -0.144. The van der Waals surface area contributed by atoms with Gasteiger partial charge in [-0.15, -0.1) is 6.58 Å². The summed E-state index contributed by atoms with van der Waals surface area (Å²) in [5.41, 5.74) is 0.767. The number of ether oxygens (including phenoxy) is 1. The van der Waals surface area contributed by atoms with Gasteiger partial charge in [0.2, 0.25) is 5.91 Å². The van der Waals surface area contributed by atoms with Crippen molar-refractivity contribution in [1.29, 1.82) is 0 Å². The summed E-state index contributed by atoms with van der Waals surface area (Å²) in [6.45, 7) is 6.96. The van der Waals surface area contributed by atoms with Crippen LogP contribution in [-0.4, -0.2) is 43.0 Å². The van der Waals surface area contributed by atoms with E-state index in [2.05, 4.69) is 11.9 Å². The molecule has 1 rings (SSSR count). The van der Waals surface area contributed by atoms with E-state index in [-0.39, 0.29) is 18.4 Å². The summed E-state index contributed by atoms with van der Waals surface area (Å²) in [5, 5.41) is 2.81. The molecule has 0 saturated carbocycles. The molecular weight excluding hydrogens is 268 g/mol. The molecule has 1 aromatic carbocycles. The molecule has 0 spiro atoms. The maximum Gasteiger partial charge on any atom is 0.320 e. The summed E-state index contributed by atoms with van der Waals surface area (Å²) in [4.78, 5) is 25.1. The lowest BCUT2D eigenvalue weighted by atomic mass is 10.3. The zero-order chi connectivity index (χ0) is 15.5. The molecule has 0 radical (unpaired) electrons. The molecule has 0 aliphatic carbocycles. The van der Waals surface area contributed by atoms with Gasteiger partial charge in [0.15, 0.2) is 0 Å². The third-order valence-corrected chi connectivity index (χ3v) is 2.76. The van der Waals surface area contributed by atoms with Crippen LogP contribution in [0.1, 0.15) is 13.3 Å². The summed E-state index contributed by atoms with van der Waals surface area (Å²) in [6, 6.07) is 9.28. The molecule has 0 bridgehead atoms. The molecule has 0 heterocycles. The quantitative estimate of drug-likeness (QED) is 0.559. The van der Waals surface area contributed by atoms with Crippen molar-refractivity contribution < 1.29 is 14.3 Å². The number of nitrogens with zero attached hydrogens (tertiary/aromatic N) is 1. The number of carbonyl (C=O) groups is 2. The minimum Gasteiger partial charge on any atom is -0.465 e. The van der Waals surface area contributed by atoms with Crippen LogP contribution in [0.5, 0.6) is 0 Å². The van der Waals surface area contributed by atoms with Crippen LogP contribution >= 0.6 is 0 Å². The Kier molecular flexibility index (Phi) is 7.82. The fourth-order valence-electron chi connectivity index (χ4n) is 1.81. The number of carbonyl (C=O) groups excluding carboxylic acids is 2. The first-order chi connectivity index (χ1) is 10.2. The minimum absolute atomic E-state index is 0.0841. The maximum atomic E-state index is 11.9. The third kappa shape index (κ3) is 7.27. The zero-order valence-electron chi connectivity index (χ0n) is 12.4. The molecule has 21 heavy (non-hydrogen) atoms. The van der Waals surface area contributed by atoms with Crippen LogP contribution in [0.4, 0.5) is 5.69 Å². The van der Waals surface area contributed by atoms with Crippen LogP contribution in [-0.2, 0) is 14.3 Å². The van der Waals surface area contributed by atoms with Crippen LogP contribution in [0.15, 0.2) is 43.0 Å². The van der Waals surface area contributed by atoms with Crippen molar-refractivity contribution in [2.24, 2.45) is 0 Å². The summed E-state index contributed by atoms with van der Waals surface area (Å²) in [5.74, 6) is -0.373. The molecule has 0 saturated heterocycles. The van der Waals surface area contributed by atoms with E-state index in [1.54, 1.807) is 13.0 Å². The lowest BCUT2D eigenvalue weighted by Gasteiger charge is -2.19. The van der Waals surface area contributed by atoms with E-state index in [1.165, 1.54) is 0 Å². The first kappa shape index (κ1) is 16.9. The fraction of sp³-hybridized carbons (Fsp3) is 0.375. The number of rotatable bonds is 9. The second-order valence-corrected chi connectivity index (χ2v) is 4.49. The van der Waals surface area contributed by atoms with Crippen molar-refractivity contribution in [3.05, 3.63) is 43.0 Å². The number of benzene rings is 1. The Morgan fingerprint density at radius 3 is 2.67 bits per heavy atom. The van der Waals surface area contributed by atoms with Gasteiger partial charge in [-0.05, 0) is 19.1 Å². The van der Waals surface area contributed by atoms with E-state index in [9.17, 15) is 9.59 Å². The predicted molar refractivity (Wildman–Crippen MR) is 83.0 cm³/mol. The van der Waals surface area contributed by atoms with E-state index in [0.717, 1.165) is 5.69 Å². The number of para-hydroxylation sites is 1. The predicted octanol–water partition coefficient (Wildman–Crippen LogP) is 2.07. The van der Waals surface area contributed by atoms with Gasteiger partial charge in [0.05, 0.1) is 13.2 Å². The lowest BCUT2D eigenvalue weighted by Crippen LogP contribution is -2.33. The summed E-state index contributed by atoms with van der Waals surface area (Å²) in [7, 11) is 0. The van der Waals surface area contributed by atoms with Gasteiger partial charge in [-0.2, -0.15) is 0 Å². The van der Waals surface area contributed by atoms with Gasteiger partial charge in [-0.3, -0.25) is 14.5 Å². The van der Waals surface area contributed by atoms with Crippen LogP contribution in [0, 0.1) is 0 Å². The SMILES string of the molecule is C=CCN(CCC(=O)Nc1ccccc1)CC(=O)OCC. The molecule has 5 nitrogen and oxygen atoms in total. The highest BCUT2D eigenvalue weighted by atomic mass is 16.5. The van der Waals surface area contributed by atoms with Crippen LogP contribution in [0.3, 0.4) is 0 Å². The summed E-state index contributed by atoms with van der Waals surface area (Å²) >= 11 is 0. The molecule has 1 N–H and O–H groups in total. The second kappa shape index (κ2) is 9.72. The highest BCUT2D eigenvalue weighted by Gasteiger charge is 2.12. The Bertz CT molecular complexity index is 460. The molecule has 0 aliphatic heterocycles. The Morgan fingerprint density at radius 1 is 1.33 bits per heavy atom. The standard InChI is InChI=1S/C16H22N2O3/c1-3-11-18(13-16(20)21-4-2)12-10-15(19)17-14-8-6-5-7-9-14/h3,5-9H,1,4,10-13H2,2H3,(H,17,19). The Hall–Kier alpha value is -2.14. The molecule has 114 valence electrons. The van der Waals surface area contributed by atoms with Gasteiger partial charge in [-0.1, -0.05) is 24.3 Å². The number of anilines is 1. The average Bonchev–Trinajstić information content (AvgIpc) is 2.46. The van der Waals surface area contributed by atoms with Gasteiger partial charge >= 0.3 is 5.97 Å². The first-order valence-electron chi connectivity index (χ1n) is 6.99. The number of esters is 1. The molecule has 0 unspecified atom stereocenters. The molecule has 0 fully saturated rings. The van der Waals surface area contributed by atoms with Gasteiger partial charge in [-0.25, -0.2) is 0 Å². The highest BCUT2D eigenvalue weighted by Crippen LogP contribution is 2.05. The van der Waals surface area contributed by atoms with Gasteiger partial charge in [0, 0.05) is 25.2 Å². The summed E-state index contributed by atoms with van der Waals surface area (Å²) in [6.07, 6.45) is 2.01. The van der Waals surface area contributed by atoms with Crippen molar-refractivity contribution in [2.45, 2.75) is 13.3 Å². The smallest absolute Gasteiger partial charge is 0.320 e. The van der Waals surface area contributed by atoms with Gasteiger partial charge in [0.25, 0.3) is 0 Å². The molecule has 1 aromatic rings. The summed E-state index contributed by atoms with van der Waals surface area (Å²) < 4.78 is 4.91. The number of nitrogens with one attached hydrogen (secondary N) is 1. The number of amides is 1.